The molecule has 1 aromatic heterocycles. The van der Waals surface area contributed by atoms with Crippen LogP contribution in [0.5, 0.6) is 5.75 Å². The summed E-state index contributed by atoms with van der Waals surface area (Å²) in [4.78, 5) is 12.5. The van der Waals surface area contributed by atoms with Crippen molar-refractivity contribution in [3.05, 3.63) is 17.5 Å². The van der Waals surface area contributed by atoms with Crippen LogP contribution in [0.25, 0.3) is 0 Å². The van der Waals surface area contributed by atoms with E-state index in [0.717, 1.165) is 11.4 Å². The molecule has 21 heavy (non-hydrogen) atoms. The number of methoxy groups -OCH3 is 2. The maximum atomic E-state index is 12.1. The van der Waals surface area contributed by atoms with E-state index in [9.17, 15) is 4.79 Å². The summed E-state index contributed by atoms with van der Waals surface area (Å²) in [7, 11) is 3.19. The van der Waals surface area contributed by atoms with Crippen LogP contribution in [0, 0.1) is 0 Å². The van der Waals surface area contributed by atoms with Crippen molar-refractivity contribution in [2.75, 3.05) is 38.4 Å². The van der Waals surface area contributed by atoms with Gasteiger partial charge in [-0.1, -0.05) is 13.0 Å². The molecule has 1 heterocycles. The summed E-state index contributed by atoms with van der Waals surface area (Å²) in [5.74, 6) is 0.266. The van der Waals surface area contributed by atoms with E-state index in [-0.39, 0.29) is 11.9 Å². The lowest BCUT2D eigenvalue weighted by molar-refractivity contribution is 0.0962. The number of rotatable bonds is 9. The van der Waals surface area contributed by atoms with E-state index in [1.807, 2.05) is 0 Å². The lowest BCUT2D eigenvalue weighted by Crippen LogP contribution is -2.23. The smallest absolute Gasteiger partial charge is 0.263 e. The molecule has 0 saturated heterocycles. The second kappa shape index (κ2) is 8.53. The van der Waals surface area contributed by atoms with Crippen LogP contribution >= 0.6 is 11.3 Å². The highest BCUT2D eigenvalue weighted by atomic mass is 32.1. The predicted molar refractivity (Wildman–Crippen MR) is 87.4 cm³/mol. The molecule has 0 aliphatic carbocycles. The van der Waals surface area contributed by atoms with Crippen molar-refractivity contribution in [2.24, 2.45) is 0 Å². The number of hydrogen-bond donors (Lipinski definition) is 3. The third-order valence-corrected chi connectivity index (χ3v) is 4.03. The Kier molecular flexibility index (Phi) is 7.04. The first-order chi connectivity index (χ1) is 10.1. The summed E-state index contributed by atoms with van der Waals surface area (Å²) in [5, 5.41) is 6.76. The number of carbonyl (C=O) groups excluding carboxylic acids is 1. The number of ether oxygens (including phenoxy) is 2. The quantitative estimate of drug-likeness (QED) is 0.608. The Bertz CT molecular complexity index is 488. The van der Waals surface area contributed by atoms with Gasteiger partial charge in [0.2, 0.25) is 0 Å². The normalized spacial score (nSPS) is 11.8. The summed E-state index contributed by atoms with van der Waals surface area (Å²) in [6.07, 6.45) is 2.50. The Morgan fingerprint density at radius 1 is 1.52 bits per heavy atom. The van der Waals surface area contributed by atoms with Gasteiger partial charge in [0, 0.05) is 13.7 Å². The third-order valence-electron chi connectivity index (χ3n) is 2.91. The highest BCUT2D eigenvalue weighted by Gasteiger charge is 2.22. The molecule has 0 fully saturated rings. The first kappa shape index (κ1) is 17.3. The largest absolute Gasteiger partial charge is 0.492 e. The molecule has 7 heteroatoms. The second-order valence-electron chi connectivity index (χ2n) is 4.41. The van der Waals surface area contributed by atoms with E-state index in [0.29, 0.717) is 29.5 Å². The fraction of sp³-hybridized carbons (Fsp3) is 0.500. The molecule has 4 N–H and O–H groups in total. The van der Waals surface area contributed by atoms with Crippen LogP contribution in [0.1, 0.15) is 23.0 Å². The molecular weight excluding hydrogens is 290 g/mol. The summed E-state index contributed by atoms with van der Waals surface area (Å²) in [6, 6.07) is 0.131. The fourth-order valence-corrected chi connectivity index (χ4v) is 2.87. The highest BCUT2D eigenvalue weighted by Crippen LogP contribution is 2.42. The number of anilines is 2. The Morgan fingerprint density at radius 3 is 2.76 bits per heavy atom. The molecule has 118 valence electrons. The van der Waals surface area contributed by atoms with Crippen LogP contribution in [0.3, 0.4) is 0 Å². The van der Waals surface area contributed by atoms with Gasteiger partial charge in [-0.3, -0.25) is 4.79 Å². The van der Waals surface area contributed by atoms with Gasteiger partial charge in [0.05, 0.1) is 19.8 Å². The predicted octanol–water partition coefficient (Wildman–Crippen LogP) is 2.09. The van der Waals surface area contributed by atoms with Crippen molar-refractivity contribution in [1.82, 2.24) is 5.32 Å². The Morgan fingerprint density at radius 2 is 2.24 bits per heavy atom. The number of nitrogens with one attached hydrogen (secondary N) is 2. The SMILES string of the molecule is C=CCNC(=O)c1sc(NC(CC)COC)c(OC)c1N. The van der Waals surface area contributed by atoms with Gasteiger partial charge in [-0.15, -0.1) is 17.9 Å². The van der Waals surface area contributed by atoms with Gasteiger partial charge in [-0.25, -0.2) is 0 Å². The van der Waals surface area contributed by atoms with Gasteiger partial charge in [-0.05, 0) is 6.42 Å². The molecule has 6 nitrogen and oxygen atoms in total. The van der Waals surface area contributed by atoms with Crippen LogP contribution in [-0.2, 0) is 4.74 Å². The van der Waals surface area contributed by atoms with Gasteiger partial charge in [-0.2, -0.15) is 0 Å². The number of amides is 1. The van der Waals surface area contributed by atoms with Crippen molar-refractivity contribution >= 4 is 27.9 Å². The molecule has 0 aromatic carbocycles. The van der Waals surface area contributed by atoms with Crippen LogP contribution in [0.4, 0.5) is 10.7 Å². The van der Waals surface area contributed by atoms with Gasteiger partial charge in [0.15, 0.2) is 5.75 Å². The van der Waals surface area contributed by atoms with E-state index in [2.05, 4.69) is 24.1 Å². The molecule has 1 atom stereocenters. The lowest BCUT2D eigenvalue weighted by Gasteiger charge is -2.16. The highest BCUT2D eigenvalue weighted by molar-refractivity contribution is 7.19. The van der Waals surface area contributed by atoms with E-state index >= 15 is 0 Å². The lowest BCUT2D eigenvalue weighted by atomic mass is 10.2. The minimum Gasteiger partial charge on any atom is -0.492 e. The van der Waals surface area contributed by atoms with Gasteiger partial charge < -0.3 is 25.8 Å². The number of carbonyl (C=O) groups is 1. The van der Waals surface area contributed by atoms with Crippen LogP contribution in [0.2, 0.25) is 0 Å². The number of hydrogen-bond acceptors (Lipinski definition) is 6. The van der Waals surface area contributed by atoms with Gasteiger partial charge >= 0.3 is 0 Å². The number of nitrogens with two attached hydrogens (primary N) is 1. The zero-order chi connectivity index (χ0) is 15.8. The molecular formula is C14H23N3O3S. The molecule has 0 spiro atoms. The molecule has 0 radical (unpaired) electrons. The molecule has 0 saturated carbocycles. The Balaban J connectivity index is 2.99. The second-order valence-corrected chi connectivity index (χ2v) is 5.43. The standard InChI is InChI=1S/C14H23N3O3S/c1-5-7-16-13(18)12-10(15)11(20-4)14(21-12)17-9(6-2)8-19-3/h5,9,17H,1,6-8,15H2,2-4H3,(H,16,18). The zero-order valence-electron chi connectivity index (χ0n) is 12.7. The van der Waals surface area contributed by atoms with Crippen molar-refractivity contribution < 1.29 is 14.3 Å². The van der Waals surface area contributed by atoms with E-state index in [4.69, 9.17) is 15.2 Å². The molecule has 0 bridgehead atoms. The maximum Gasteiger partial charge on any atom is 0.263 e. The Hall–Kier alpha value is -1.73. The first-order valence-corrected chi connectivity index (χ1v) is 7.51. The van der Waals surface area contributed by atoms with Crippen LogP contribution < -0.4 is 21.1 Å². The monoisotopic (exact) mass is 313 g/mol. The van der Waals surface area contributed by atoms with E-state index < -0.39 is 0 Å². The van der Waals surface area contributed by atoms with E-state index in [1.165, 1.54) is 18.4 Å². The van der Waals surface area contributed by atoms with Crippen molar-refractivity contribution in [3.63, 3.8) is 0 Å². The van der Waals surface area contributed by atoms with Crippen molar-refractivity contribution in [2.45, 2.75) is 19.4 Å². The summed E-state index contributed by atoms with van der Waals surface area (Å²) >= 11 is 1.28. The number of nitrogen functional groups attached to an aromatic ring is 1. The van der Waals surface area contributed by atoms with Gasteiger partial charge in [0.25, 0.3) is 5.91 Å². The van der Waals surface area contributed by atoms with Gasteiger partial charge in [0.1, 0.15) is 15.6 Å². The fourth-order valence-electron chi connectivity index (χ4n) is 1.79. The van der Waals surface area contributed by atoms with Crippen molar-refractivity contribution in [3.8, 4) is 5.75 Å². The van der Waals surface area contributed by atoms with Crippen LogP contribution in [-0.4, -0.2) is 39.3 Å². The molecule has 0 aliphatic heterocycles. The summed E-state index contributed by atoms with van der Waals surface area (Å²) in [6.45, 7) is 6.57. The average molecular weight is 313 g/mol. The first-order valence-electron chi connectivity index (χ1n) is 6.69. The summed E-state index contributed by atoms with van der Waals surface area (Å²) < 4.78 is 10.5. The topological polar surface area (TPSA) is 85.6 Å². The zero-order valence-corrected chi connectivity index (χ0v) is 13.5. The minimum absolute atomic E-state index is 0.131. The third kappa shape index (κ3) is 4.37. The van der Waals surface area contributed by atoms with Crippen LogP contribution in [0.15, 0.2) is 12.7 Å². The molecule has 1 amide bonds. The van der Waals surface area contributed by atoms with E-state index in [1.54, 1.807) is 13.2 Å². The Labute approximate surface area is 129 Å². The number of thiophene rings is 1. The maximum absolute atomic E-state index is 12.1. The molecule has 0 aliphatic rings. The summed E-state index contributed by atoms with van der Waals surface area (Å²) in [5.41, 5.74) is 6.35. The molecule has 1 unspecified atom stereocenters. The molecule has 1 aromatic rings. The van der Waals surface area contributed by atoms with Crippen molar-refractivity contribution in [1.29, 1.82) is 0 Å². The minimum atomic E-state index is -0.233. The average Bonchev–Trinajstić information content (AvgIpc) is 2.80. The molecule has 1 rings (SSSR count).